The molecule has 0 spiro atoms. The van der Waals surface area contributed by atoms with Crippen molar-refractivity contribution >= 4 is 12.0 Å². The number of amides is 1. The number of carbonyl (C=O) groups excluding carboxylic acids is 1. The van der Waals surface area contributed by atoms with Crippen LogP contribution in [-0.4, -0.2) is 5.91 Å². The lowest BCUT2D eigenvalue weighted by atomic mass is 9.99. The molecule has 0 bridgehead atoms. The fraction of sp³-hybridized carbons (Fsp3) is 0.0625. The van der Waals surface area contributed by atoms with E-state index in [1.807, 2.05) is 30.3 Å². The van der Waals surface area contributed by atoms with Gasteiger partial charge in [0.15, 0.2) is 0 Å². The molecule has 0 atom stereocenters. The highest BCUT2D eigenvalue weighted by molar-refractivity contribution is 5.90. The van der Waals surface area contributed by atoms with Gasteiger partial charge in [-0.05, 0) is 41.3 Å². The van der Waals surface area contributed by atoms with Gasteiger partial charge in [-0.2, -0.15) is 0 Å². The molecule has 0 heterocycles. The standard InChI is InChI=1S/C16H15NO/c1-12-5-2-3-8-15(12)14-7-4-6-13(11-14)9-10-16(17)18/h2-11H,1H3,(H2,17,18)/b10-9-. The molecule has 90 valence electrons. The Hall–Kier alpha value is -2.35. The molecule has 2 N–H and O–H groups in total. The minimum absolute atomic E-state index is 0.434. The lowest BCUT2D eigenvalue weighted by Crippen LogP contribution is -2.05. The molecule has 0 radical (unpaired) electrons. The summed E-state index contributed by atoms with van der Waals surface area (Å²) in [5, 5.41) is 0. The molecule has 0 aromatic heterocycles. The van der Waals surface area contributed by atoms with Crippen molar-refractivity contribution in [2.45, 2.75) is 6.92 Å². The van der Waals surface area contributed by atoms with Crippen molar-refractivity contribution in [2.24, 2.45) is 5.73 Å². The van der Waals surface area contributed by atoms with E-state index in [2.05, 4.69) is 25.1 Å². The number of hydrogen-bond acceptors (Lipinski definition) is 1. The van der Waals surface area contributed by atoms with Crippen LogP contribution >= 0.6 is 0 Å². The van der Waals surface area contributed by atoms with Crippen LogP contribution in [0.15, 0.2) is 54.6 Å². The Morgan fingerprint density at radius 2 is 1.89 bits per heavy atom. The minimum atomic E-state index is -0.434. The van der Waals surface area contributed by atoms with Crippen LogP contribution in [0.2, 0.25) is 0 Å². The molecule has 0 aliphatic heterocycles. The maximum atomic E-state index is 10.7. The number of aryl methyl sites for hydroxylation is 1. The topological polar surface area (TPSA) is 43.1 Å². The predicted octanol–water partition coefficient (Wildman–Crippen LogP) is 3.16. The van der Waals surface area contributed by atoms with Gasteiger partial charge in [-0.25, -0.2) is 0 Å². The summed E-state index contributed by atoms with van der Waals surface area (Å²) >= 11 is 0. The molecule has 0 aliphatic carbocycles. The molecule has 0 unspecified atom stereocenters. The minimum Gasteiger partial charge on any atom is -0.366 e. The van der Waals surface area contributed by atoms with Crippen molar-refractivity contribution in [2.75, 3.05) is 0 Å². The normalized spacial score (nSPS) is 10.7. The van der Waals surface area contributed by atoms with Crippen molar-refractivity contribution < 1.29 is 4.79 Å². The number of rotatable bonds is 3. The zero-order valence-corrected chi connectivity index (χ0v) is 10.3. The Morgan fingerprint density at radius 1 is 1.11 bits per heavy atom. The smallest absolute Gasteiger partial charge is 0.241 e. The van der Waals surface area contributed by atoms with E-state index in [4.69, 9.17) is 5.73 Å². The van der Waals surface area contributed by atoms with E-state index in [9.17, 15) is 4.79 Å². The van der Waals surface area contributed by atoms with Crippen LogP contribution in [0.4, 0.5) is 0 Å². The van der Waals surface area contributed by atoms with Crippen molar-refractivity contribution in [3.05, 3.63) is 65.7 Å². The Balaban J connectivity index is 2.39. The lowest BCUT2D eigenvalue weighted by Gasteiger charge is -2.06. The van der Waals surface area contributed by atoms with Gasteiger partial charge in [0.05, 0.1) is 0 Å². The van der Waals surface area contributed by atoms with Crippen LogP contribution in [0.1, 0.15) is 11.1 Å². The third-order valence-electron chi connectivity index (χ3n) is 2.78. The first-order valence-electron chi connectivity index (χ1n) is 5.80. The van der Waals surface area contributed by atoms with Gasteiger partial charge in [-0.15, -0.1) is 0 Å². The van der Waals surface area contributed by atoms with E-state index in [0.29, 0.717) is 0 Å². The highest BCUT2D eigenvalue weighted by atomic mass is 16.1. The average Bonchev–Trinajstić information content (AvgIpc) is 2.37. The molecule has 0 fully saturated rings. The first kappa shape index (κ1) is 12.1. The maximum Gasteiger partial charge on any atom is 0.241 e. The van der Waals surface area contributed by atoms with Gasteiger partial charge in [-0.3, -0.25) is 4.79 Å². The third kappa shape index (κ3) is 2.86. The Kier molecular flexibility index (Phi) is 3.58. The van der Waals surface area contributed by atoms with E-state index in [1.165, 1.54) is 17.2 Å². The van der Waals surface area contributed by atoms with Gasteiger partial charge in [0.1, 0.15) is 0 Å². The molecule has 0 saturated heterocycles. The number of nitrogens with two attached hydrogens (primary N) is 1. The lowest BCUT2D eigenvalue weighted by molar-refractivity contribution is -0.113. The van der Waals surface area contributed by atoms with E-state index in [0.717, 1.165) is 11.1 Å². The number of primary amides is 1. The maximum absolute atomic E-state index is 10.7. The molecule has 0 saturated carbocycles. The zero-order chi connectivity index (χ0) is 13.0. The van der Waals surface area contributed by atoms with Crippen LogP contribution in [-0.2, 0) is 4.79 Å². The fourth-order valence-corrected chi connectivity index (χ4v) is 1.89. The second kappa shape index (κ2) is 5.32. The molecule has 18 heavy (non-hydrogen) atoms. The third-order valence-corrected chi connectivity index (χ3v) is 2.78. The second-order valence-electron chi connectivity index (χ2n) is 4.18. The largest absolute Gasteiger partial charge is 0.366 e. The van der Waals surface area contributed by atoms with E-state index in [-0.39, 0.29) is 0 Å². The monoisotopic (exact) mass is 237 g/mol. The molecule has 2 rings (SSSR count). The van der Waals surface area contributed by atoms with Crippen LogP contribution in [0.25, 0.3) is 17.2 Å². The van der Waals surface area contributed by atoms with Gasteiger partial charge in [0, 0.05) is 6.08 Å². The van der Waals surface area contributed by atoms with Crippen LogP contribution in [0.3, 0.4) is 0 Å². The van der Waals surface area contributed by atoms with Crippen molar-refractivity contribution in [3.63, 3.8) is 0 Å². The summed E-state index contributed by atoms with van der Waals surface area (Å²) in [4.78, 5) is 10.7. The Morgan fingerprint density at radius 3 is 2.61 bits per heavy atom. The summed E-state index contributed by atoms with van der Waals surface area (Å²) in [6.45, 7) is 2.08. The molecule has 2 heteroatoms. The van der Waals surface area contributed by atoms with E-state index in [1.54, 1.807) is 6.08 Å². The average molecular weight is 237 g/mol. The summed E-state index contributed by atoms with van der Waals surface area (Å²) in [5.41, 5.74) is 9.62. The molecule has 2 aromatic carbocycles. The van der Waals surface area contributed by atoms with Crippen molar-refractivity contribution in [1.29, 1.82) is 0 Å². The number of carbonyl (C=O) groups is 1. The summed E-state index contributed by atoms with van der Waals surface area (Å²) in [6, 6.07) is 16.2. The highest BCUT2D eigenvalue weighted by Gasteiger charge is 2.00. The summed E-state index contributed by atoms with van der Waals surface area (Å²) < 4.78 is 0. The first-order chi connectivity index (χ1) is 8.66. The summed E-state index contributed by atoms with van der Waals surface area (Å²) in [7, 11) is 0. The van der Waals surface area contributed by atoms with Crippen molar-refractivity contribution in [1.82, 2.24) is 0 Å². The van der Waals surface area contributed by atoms with E-state index >= 15 is 0 Å². The summed E-state index contributed by atoms with van der Waals surface area (Å²) in [6.07, 6.45) is 3.10. The van der Waals surface area contributed by atoms with Gasteiger partial charge in [0.2, 0.25) is 5.91 Å². The molecular weight excluding hydrogens is 222 g/mol. The zero-order valence-electron chi connectivity index (χ0n) is 10.3. The van der Waals surface area contributed by atoms with E-state index < -0.39 is 5.91 Å². The molecule has 2 nitrogen and oxygen atoms in total. The predicted molar refractivity (Wildman–Crippen MR) is 74.8 cm³/mol. The number of benzene rings is 2. The quantitative estimate of drug-likeness (QED) is 0.819. The number of hydrogen-bond donors (Lipinski definition) is 1. The Bertz CT molecular complexity index is 600. The summed E-state index contributed by atoms with van der Waals surface area (Å²) in [5.74, 6) is -0.434. The first-order valence-corrected chi connectivity index (χ1v) is 5.80. The molecule has 2 aromatic rings. The second-order valence-corrected chi connectivity index (χ2v) is 4.18. The van der Waals surface area contributed by atoms with Gasteiger partial charge >= 0.3 is 0 Å². The molecular formula is C16H15NO. The SMILES string of the molecule is Cc1ccccc1-c1cccc(/C=C\C(N)=O)c1. The highest BCUT2D eigenvalue weighted by Crippen LogP contribution is 2.24. The van der Waals surface area contributed by atoms with Gasteiger partial charge < -0.3 is 5.73 Å². The van der Waals surface area contributed by atoms with Gasteiger partial charge in [0.25, 0.3) is 0 Å². The Labute approximate surface area is 107 Å². The molecule has 1 amide bonds. The molecule has 0 aliphatic rings. The van der Waals surface area contributed by atoms with Crippen LogP contribution < -0.4 is 5.73 Å². The van der Waals surface area contributed by atoms with Crippen LogP contribution in [0, 0.1) is 6.92 Å². The van der Waals surface area contributed by atoms with Gasteiger partial charge in [-0.1, -0.05) is 42.5 Å². The van der Waals surface area contributed by atoms with Crippen molar-refractivity contribution in [3.8, 4) is 11.1 Å². The fourth-order valence-electron chi connectivity index (χ4n) is 1.89. The van der Waals surface area contributed by atoms with Crippen LogP contribution in [0.5, 0.6) is 0 Å².